The summed E-state index contributed by atoms with van der Waals surface area (Å²) in [4.78, 5) is 13.0. The zero-order valence-corrected chi connectivity index (χ0v) is 9.53. The van der Waals surface area contributed by atoms with Crippen molar-refractivity contribution in [2.45, 2.75) is 33.3 Å². The summed E-state index contributed by atoms with van der Waals surface area (Å²) in [6.07, 6.45) is -0.653. The van der Waals surface area contributed by atoms with Crippen molar-refractivity contribution in [3.05, 3.63) is 12.2 Å². The Kier molecular flexibility index (Phi) is 5.42. The predicted octanol–water partition coefficient (Wildman–Crippen LogP) is 1.38. The number of hydrogen-bond acceptors (Lipinski definition) is 4. The third-order valence-electron chi connectivity index (χ3n) is 1.74. The number of rotatable bonds is 5. The van der Waals surface area contributed by atoms with Gasteiger partial charge >= 0.3 is 5.97 Å². The summed E-state index contributed by atoms with van der Waals surface area (Å²) in [5, 5.41) is 0. The SMILES string of the molecule is C=C(C)C(=O)OC(C)OC(C)N(C)C. The molecule has 2 unspecified atom stereocenters. The molecule has 0 N–H and O–H groups in total. The topological polar surface area (TPSA) is 38.8 Å². The molecule has 0 aromatic carbocycles. The minimum atomic E-state index is -0.559. The van der Waals surface area contributed by atoms with Crippen LogP contribution in [0, 0.1) is 0 Å². The van der Waals surface area contributed by atoms with E-state index in [1.165, 1.54) is 0 Å². The first-order chi connectivity index (χ1) is 6.34. The smallest absolute Gasteiger partial charge is 0.335 e. The molecule has 2 atom stereocenters. The zero-order chi connectivity index (χ0) is 11.3. The average molecular weight is 201 g/mol. The molecule has 14 heavy (non-hydrogen) atoms. The van der Waals surface area contributed by atoms with Gasteiger partial charge in [-0.2, -0.15) is 0 Å². The number of carbonyl (C=O) groups excluding carboxylic acids is 1. The molecule has 0 saturated heterocycles. The van der Waals surface area contributed by atoms with E-state index in [4.69, 9.17) is 9.47 Å². The van der Waals surface area contributed by atoms with Gasteiger partial charge < -0.3 is 9.47 Å². The quantitative estimate of drug-likeness (QED) is 0.382. The summed E-state index contributed by atoms with van der Waals surface area (Å²) >= 11 is 0. The van der Waals surface area contributed by atoms with Crippen LogP contribution in [0.3, 0.4) is 0 Å². The lowest BCUT2D eigenvalue weighted by Gasteiger charge is -2.24. The van der Waals surface area contributed by atoms with Crippen molar-refractivity contribution in [1.29, 1.82) is 0 Å². The van der Waals surface area contributed by atoms with E-state index in [2.05, 4.69) is 6.58 Å². The maximum atomic E-state index is 11.1. The highest BCUT2D eigenvalue weighted by Gasteiger charge is 2.14. The van der Waals surface area contributed by atoms with E-state index < -0.39 is 12.3 Å². The standard InChI is InChI=1S/C10H19NO3/c1-7(2)10(12)14-9(4)13-8(3)11(5)6/h8-9H,1H2,2-6H3. The molecule has 0 heterocycles. The van der Waals surface area contributed by atoms with Crippen LogP contribution in [-0.2, 0) is 14.3 Å². The van der Waals surface area contributed by atoms with Gasteiger partial charge in [0.25, 0.3) is 0 Å². The third-order valence-corrected chi connectivity index (χ3v) is 1.74. The Bertz CT molecular complexity index is 213. The molecule has 0 saturated carbocycles. The van der Waals surface area contributed by atoms with Crippen molar-refractivity contribution >= 4 is 5.97 Å². The van der Waals surface area contributed by atoms with Crippen molar-refractivity contribution in [3.63, 3.8) is 0 Å². The van der Waals surface area contributed by atoms with Crippen molar-refractivity contribution < 1.29 is 14.3 Å². The second-order valence-corrected chi connectivity index (χ2v) is 3.45. The molecule has 0 spiro atoms. The first kappa shape index (κ1) is 13.1. The van der Waals surface area contributed by atoms with Crippen LogP contribution in [0.5, 0.6) is 0 Å². The van der Waals surface area contributed by atoms with Crippen LogP contribution in [-0.4, -0.2) is 37.5 Å². The highest BCUT2D eigenvalue weighted by atomic mass is 16.7. The number of carbonyl (C=O) groups is 1. The van der Waals surface area contributed by atoms with E-state index in [0.29, 0.717) is 5.57 Å². The van der Waals surface area contributed by atoms with E-state index in [0.717, 1.165) is 0 Å². The summed E-state index contributed by atoms with van der Waals surface area (Å²) < 4.78 is 10.3. The van der Waals surface area contributed by atoms with Crippen molar-refractivity contribution in [2.24, 2.45) is 0 Å². The zero-order valence-electron chi connectivity index (χ0n) is 9.53. The molecule has 0 aliphatic carbocycles. The Morgan fingerprint density at radius 2 is 1.86 bits per heavy atom. The molecule has 82 valence electrons. The van der Waals surface area contributed by atoms with Gasteiger partial charge in [-0.1, -0.05) is 6.58 Å². The Hall–Kier alpha value is -0.870. The Balaban J connectivity index is 3.92. The molecule has 0 aromatic rings. The van der Waals surface area contributed by atoms with Crippen LogP contribution >= 0.6 is 0 Å². The van der Waals surface area contributed by atoms with Crippen molar-refractivity contribution in [2.75, 3.05) is 14.1 Å². The van der Waals surface area contributed by atoms with Crippen LogP contribution in [0.4, 0.5) is 0 Å². The lowest BCUT2D eigenvalue weighted by molar-refractivity contribution is -0.193. The molecule has 4 nitrogen and oxygen atoms in total. The normalized spacial score (nSPS) is 15.0. The summed E-state index contributed by atoms with van der Waals surface area (Å²) in [7, 11) is 3.77. The van der Waals surface area contributed by atoms with Gasteiger partial charge in [0.05, 0.1) is 0 Å². The maximum Gasteiger partial charge on any atom is 0.335 e. The molecule has 0 aromatic heterocycles. The van der Waals surface area contributed by atoms with Crippen LogP contribution < -0.4 is 0 Å². The molecule has 0 rings (SSSR count). The second-order valence-electron chi connectivity index (χ2n) is 3.45. The van der Waals surface area contributed by atoms with Gasteiger partial charge in [-0.05, 0) is 34.9 Å². The minimum Gasteiger partial charge on any atom is -0.433 e. The number of esters is 1. The lowest BCUT2D eigenvalue weighted by atomic mass is 10.4. The van der Waals surface area contributed by atoms with Crippen LogP contribution in [0.1, 0.15) is 20.8 Å². The molecular formula is C10H19NO3. The van der Waals surface area contributed by atoms with Gasteiger partial charge in [-0.3, -0.25) is 4.90 Å². The molecule has 0 bridgehead atoms. The van der Waals surface area contributed by atoms with Gasteiger partial charge in [0, 0.05) is 5.57 Å². The van der Waals surface area contributed by atoms with Crippen molar-refractivity contribution in [3.8, 4) is 0 Å². The molecule has 0 radical (unpaired) electrons. The van der Waals surface area contributed by atoms with E-state index in [-0.39, 0.29) is 6.23 Å². The van der Waals surface area contributed by atoms with E-state index >= 15 is 0 Å². The van der Waals surface area contributed by atoms with Gasteiger partial charge in [0.2, 0.25) is 6.29 Å². The van der Waals surface area contributed by atoms with Crippen LogP contribution in [0.2, 0.25) is 0 Å². The number of ether oxygens (including phenoxy) is 2. The fourth-order valence-corrected chi connectivity index (χ4v) is 0.678. The Labute approximate surface area is 85.5 Å². The molecule has 0 aliphatic heterocycles. The lowest BCUT2D eigenvalue weighted by Crippen LogP contribution is -2.32. The minimum absolute atomic E-state index is 0.0945. The monoisotopic (exact) mass is 201 g/mol. The molecule has 0 fully saturated rings. The van der Waals surface area contributed by atoms with Crippen LogP contribution in [0.15, 0.2) is 12.2 Å². The fourth-order valence-electron chi connectivity index (χ4n) is 0.678. The summed E-state index contributed by atoms with van der Waals surface area (Å²) in [6.45, 7) is 8.64. The van der Waals surface area contributed by atoms with Gasteiger partial charge in [0.15, 0.2) is 0 Å². The highest BCUT2D eigenvalue weighted by Crippen LogP contribution is 2.04. The second kappa shape index (κ2) is 5.78. The fraction of sp³-hybridized carbons (Fsp3) is 0.700. The largest absolute Gasteiger partial charge is 0.433 e. The average Bonchev–Trinajstić information content (AvgIpc) is 2.03. The number of hydrogen-bond donors (Lipinski definition) is 0. The van der Waals surface area contributed by atoms with Gasteiger partial charge in [-0.25, -0.2) is 4.79 Å². The summed E-state index contributed by atoms with van der Waals surface area (Å²) in [5.41, 5.74) is 0.373. The predicted molar refractivity (Wildman–Crippen MR) is 54.6 cm³/mol. The third kappa shape index (κ3) is 4.99. The Morgan fingerprint density at radius 1 is 1.36 bits per heavy atom. The van der Waals surface area contributed by atoms with Gasteiger partial charge in [0.1, 0.15) is 6.23 Å². The van der Waals surface area contributed by atoms with Crippen LogP contribution in [0.25, 0.3) is 0 Å². The van der Waals surface area contributed by atoms with E-state index in [1.807, 2.05) is 25.9 Å². The summed E-state index contributed by atoms with van der Waals surface area (Å²) in [6, 6.07) is 0. The van der Waals surface area contributed by atoms with E-state index in [1.54, 1.807) is 13.8 Å². The Morgan fingerprint density at radius 3 is 2.21 bits per heavy atom. The molecule has 0 amide bonds. The van der Waals surface area contributed by atoms with Gasteiger partial charge in [-0.15, -0.1) is 0 Å². The molecular weight excluding hydrogens is 182 g/mol. The molecule has 4 heteroatoms. The molecule has 0 aliphatic rings. The first-order valence-electron chi connectivity index (χ1n) is 4.53. The van der Waals surface area contributed by atoms with Crippen molar-refractivity contribution in [1.82, 2.24) is 4.90 Å². The number of nitrogens with zero attached hydrogens (tertiary/aromatic N) is 1. The first-order valence-corrected chi connectivity index (χ1v) is 4.53. The maximum absolute atomic E-state index is 11.1. The van der Waals surface area contributed by atoms with E-state index in [9.17, 15) is 4.79 Å². The summed E-state index contributed by atoms with van der Waals surface area (Å²) in [5.74, 6) is -0.427. The highest BCUT2D eigenvalue weighted by molar-refractivity contribution is 5.86.